The monoisotopic (exact) mass is 300 g/mol. The standard InChI is InChI=1S/C17H17FN2S/c1-12(20-2)14-4-3-5-16(9-14)21-11-13-6-7-17(18)15(8-13)10-19/h3-9,12,20H,11H2,1-2H3. The fourth-order valence-electron chi connectivity index (χ4n) is 1.95. The summed E-state index contributed by atoms with van der Waals surface area (Å²) in [5, 5.41) is 12.1. The Labute approximate surface area is 129 Å². The molecular weight excluding hydrogens is 283 g/mol. The predicted molar refractivity (Wildman–Crippen MR) is 84.6 cm³/mol. The van der Waals surface area contributed by atoms with Crippen molar-refractivity contribution in [2.75, 3.05) is 7.05 Å². The summed E-state index contributed by atoms with van der Waals surface area (Å²) < 4.78 is 13.3. The van der Waals surface area contributed by atoms with Crippen LogP contribution < -0.4 is 5.32 Å². The second-order valence-electron chi connectivity index (χ2n) is 4.80. The summed E-state index contributed by atoms with van der Waals surface area (Å²) in [7, 11) is 1.94. The number of nitrogens with one attached hydrogen (secondary N) is 1. The first-order valence-corrected chi connectivity index (χ1v) is 7.71. The van der Waals surface area contributed by atoms with E-state index in [1.807, 2.05) is 19.2 Å². The minimum atomic E-state index is -0.462. The van der Waals surface area contributed by atoms with Crippen molar-refractivity contribution in [3.63, 3.8) is 0 Å². The first kappa shape index (κ1) is 15.6. The Bertz CT molecular complexity index is 664. The van der Waals surface area contributed by atoms with E-state index in [0.29, 0.717) is 11.8 Å². The molecule has 0 spiro atoms. The molecule has 4 heteroatoms. The number of hydrogen-bond donors (Lipinski definition) is 1. The van der Waals surface area contributed by atoms with Crippen LogP contribution in [0.5, 0.6) is 0 Å². The zero-order valence-electron chi connectivity index (χ0n) is 12.1. The van der Waals surface area contributed by atoms with Crippen molar-refractivity contribution in [1.82, 2.24) is 5.32 Å². The van der Waals surface area contributed by atoms with E-state index >= 15 is 0 Å². The van der Waals surface area contributed by atoms with Crippen LogP contribution in [0.4, 0.5) is 4.39 Å². The molecule has 1 unspecified atom stereocenters. The summed E-state index contributed by atoms with van der Waals surface area (Å²) in [5.41, 5.74) is 2.29. The second kappa shape index (κ2) is 7.26. The normalized spacial score (nSPS) is 11.9. The number of nitrogens with zero attached hydrogens (tertiary/aromatic N) is 1. The Balaban J connectivity index is 2.08. The van der Waals surface area contributed by atoms with E-state index in [0.717, 1.165) is 10.5 Å². The summed E-state index contributed by atoms with van der Waals surface area (Å²) in [6.45, 7) is 2.11. The molecule has 2 aromatic carbocycles. The lowest BCUT2D eigenvalue weighted by atomic mass is 10.1. The Morgan fingerprint density at radius 3 is 2.81 bits per heavy atom. The van der Waals surface area contributed by atoms with Crippen molar-refractivity contribution in [1.29, 1.82) is 5.26 Å². The van der Waals surface area contributed by atoms with Gasteiger partial charge in [0.05, 0.1) is 5.56 Å². The largest absolute Gasteiger partial charge is 0.313 e. The molecule has 108 valence electrons. The van der Waals surface area contributed by atoms with E-state index in [1.54, 1.807) is 23.9 Å². The predicted octanol–water partition coefficient (Wildman–Crippen LogP) is 4.27. The Kier molecular flexibility index (Phi) is 5.38. The van der Waals surface area contributed by atoms with Crippen LogP contribution in [0.15, 0.2) is 47.4 Å². The van der Waals surface area contributed by atoms with Gasteiger partial charge in [-0.25, -0.2) is 4.39 Å². The van der Waals surface area contributed by atoms with Crippen molar-refractivity contribution >= 4 is 11.8 Å². The third kappa shape index (κ3) is 4.07. The average molecular weight is 300 g/mol. The molecule has 1 N–H and O–H groups in total. The minimum absolute atomic E-state index is 0.102. The van der Waals surface area contributed by atoms with Crippen LogP contribution >= 0.6 is 11.8 Å². The molecule has 0 aliphatic heterocycles. The zero-order valence-corrected chi connectivity index (χ0v) is 12.9. The highest BCUT2D eigenvalue weighted by Crippen LogP contribution is 2.26. The molecule has 0 aliphatic carbocycles. The minimum Gasteiger partial charge on any atom is -0.313 e. The summed E-state index contributed by atoms with van der Waals surface area (Å²) in [4.78, 5) is 1.16. The van der Waals surface area contributed by atoms with Crippen molar-refractivity contribution in [3.8, 4) is 6.07 Å². The number of halogens is 1. The molecule has 0 aromatic heterocycles. The topological polar surface area (TPSA) is 35.8 Å². The van der Waals surface area contributed by atoms with Crippen LogP contribution in [0.25, 0.3) is 0 Å². The zero-order chi connectivity index (χ0) is 15.2. The maximum atomic E-state index is 13.3. The average Bonchev–Trinajstić information content (AvgIpc) is 2.53. The van der Waals surface area contributed by atoms with Crippen molar-refractivity contribution < 1.29 is 4.39 Å². The quantitative estimate of drug-likeness (QED) is 0.838. The van der Waals surface area contributed by atoms with Crippen molar-refractivity contribution in [2.24, 2.45) is 0 Å². The Hall–Kier alpha value is -1.83. The van der Waals surface area contributed by atoms with Gasteiger partial charge in [-0.1, -0.05) is 18.2 Å². The summed E-state index contributed by atoms with van der Waals surface area (Å²) in [6, 6.07) is 15.2. The molecule has 0 bridgehead atoms. The lowest BCUT2D eigenvalue weighted by Gasteiger charge is -2.12. The molecule has 0 heterocycles. The van der Waals surface area contributed by atoms with Crippen LogP contribution in [-0.4, -0.2) is 7.05 Å². The maximum Gasteiger partial charge on any atom is 0.140 e. The van der Waals surface area contributed by atoms with Gasteiger partial charge >= 0.3 is 0 Å². The van der Waals surface area contributed by atoms with Crippen LogP contribution in [0.3, 0.4) is 0 Å². The fourth-order valence-corrected chi connectivity index (χ4v) is 2.86. The van der Waals surface area contributed by atoms with Gasteiger partial charge in [0.25, 0.3) is 0 Å². The van der Waals surface area contributed by atoms with Gasteiger partial charge in [-0.2, -0.15) is 5.26 Å². The number of hydrogen-bond acceptors (Lipinski definition) is 3. The summed E-state index contributed by atoms with van der Waals surface area (Å²) in [5.74, 6) is 0.253. The van der Waals surface area contributed by atoms with Gasteiger partial charge < -0.3 is 5.32 Å². The highest BCUT2D eigenvalue weighted by Gasteiger charge is 2.05. The SMILES string of the molecule is CNC(C)c1cccc(SCc2ccc(F)c(C#N)c2)c1. The molecule has 0 saturated heterocycles. The van der Waals surface area contributed by atoms with E-state index in [9.17, 15) is 4.39 Å². The van der Waals surface area contributed by atoms with Gasteiger partial charge in [-0.05, 0) is 49.4 Å². The molecule has 0 amide bonds. The number of thioether (sulfide) groups is 1. The summed E-state index contributed by atoms with van der Waals surface area (Å²) >= 11 is 1.68. The van der Waals surface area contributed by atoms with E-state index in [1.165, 1.54) is 11.6 Å². The summed E-state index contributed by atoms with van der Waals surface area (Å²) in [6.07, 6.45) is 0. The van der Waals surface area contributed by atoms with E-state index in [2.05, 4.69) is 30.4 Å². The third-order valence-corrected chi connectivity index (χ3v) is 4.41. The first-order valence-electron chi connectivity index (χ1n) is 6.72. The maximum absolute atomic E-state index is 13.3. The Morgan fingerprint density at radius 1 is 1.29 bits per heavy atom. The molecule has 2 rings (SSSR count). The molecule has 0 radical (unpaired) electrons. The van der Waals surface area contributed by atoms with Crippen LogP contribution in [0.1, 0.15) is 29.7 Å². The van der Waals surface area contributed by atoms with E-state index < -0.39 is 5.82 Å². The lowest BCUT2D eigenvalue weighted by Crippen LogP contribution is -2.11. The van der Waals surface area contributed by atoms with E-state index in [-0.39, 0.29) is 5.56 Å². The Morgan fingerprint density at radius 2 is 2.10 bits per heavy atom. The third-order valence-electron chi connectivity index (χ3n) is 3.35. The van der Waals surface area contributed by atoms with Crippen molar-refractivity contribution in [2.45, 2.75) is 23.6 Å². The second-order valence-corrected chi connectivity index (χ2v) is 5.85. The lowest BCUT2D eigenvalue weighted by molar-refractivity contribution is 0.623. The highest BCUT2D eigenvalue weighted by molar-refractivity contribution is 7.98. The molecule has 2 aromatic rings. The van der Waals surface area contributed by atoms with Crippen molar-refractivity contribution in [3.05, 3.63) is 65.0 Å². The fraction of sp³-hybridized carbons (Fsp3) is 0.235. The van der Waals surface area contributed by atoms with Crippen LogP contribution in [-0.2, 0) is 5.75 Å². The molecule has 0 aliphatic rings. The molecular formula is C17H17FN2S. The van der Waals surface area contributed by atoms with Gasteiger partial charge in [0.1, 0.15) is 11.9 Å². The smallest absolute Gasteiger partial charge is 0.140 e. The molecule has 21 heavy (non-hydrogen) atoms. The molecule has 0 fully saturated rings. The van der Waals surface area contributed by atoms with Crippen LogP contribution in [0.2, 0.25) is 0 Å². The van der Waals surface area contributed by atoms with Gasteiger partial charge in [-0.3, -0.25) is 0 Å². The number of rotatable bonds is 5. The molecule has 2 nitrogen and oxygen atoms in total. The highest BCUT2D eigenvalue weighted by atomic mass is 32.2. The van der Waals surface area contributed by atoms with Gasteiger partial charge in [0, 0.05) is 16.7 Å². The van der Waals surface area contributed by atoms with Gasteiger partial charge in [-0.15, -0.1) is 11.8 Å². The van der Waals surface area contributed by atoms with Gasteiger partial charge in [0.2, 0.25) is 0 Å². The molecule has 1 atom stereocenters. The first-order chi connectivity index (χ1) is 10.1. The molecule has 0 saturated carbocycles. The van der Waals surface area contributed by atoms with Gasteiger partial charge in [0.15, 0.2) is 0 Å². The van der Waals surface area contributed by atoms with E-state index in [4.69, 9.17) is 5.26 Å². The van der Waals surface area contributed by atoms with Crippen LogP contribution in [0, 0.1) is 17.1 Å². The number of benzene rings is 2. The number of nitriles is 1.